The maximum Gasteiger partial charge on any atom is 0.223 e. The molecule has 0 bridgehead atoms. The summed E-state index contributed by atoms with van der Waals surface area (Å²) in [5.74, 6) is 0.846. The summed E-state index contributed by atoms with van der Waals surface area (Å²) in [6, 6.07) is 0. The van der Waals surface area contributed by atoms with E-state index in [2.05, 4.69) is 0 Å². The first-order valence-electron chi connectivity index (χ1n) is 6.57. The van der Waals surface area contributed by atoms with Gasteiger partial charge in [0.25, 0.3) is 0 Å². The summed E-state index contributed by atoms with van der Waals surface area (Å²) in [4.78, 5) is 13.7. The Bertz CT molecular complexity index is 247. The molecular weight excluding hydrogens is 202 g/mol. The van der Waals surface area contributed by atoms with E-state index in [-0.39, 0.29) is 5.91 Å². The number of likely N-dealkylation sites (tertiary alicyclic amines) is 1. The van der Waals surface area contributed by atoms with Gasteiger partial charge in [-0.1, -0.05) is 25.7 Å². The Morgan fingerprint density at radius 3 is 2.31 bits per heavy atom. The minimum atomic E-state index is -0.626. The molecule has 1 aliphatic heterocycles. The molecule has 0 aromatic heterocycles. The van der Waals surface area contributed by atoms with E-state index < -0.39 is 5.60 Å². The lowest BCUT2D eigenvalue weighted by atomic mass is 9.92. The van der Waals surface area contributed by atoms with Crippen LogP contribution in [0.3, 0.4) is 0 Å². The van der Waals surface area contributed by atoms with E-state index in [1.54, 1.807) is 11.8 Å². The number of hydrogen-bond donors (Lipinski definition) is 1. The van der Waals surface area contributed by atoms with E-state index in [1.165, 1.54) is 38.5 Å². The fourth-order valence-electron chi connectivity index (χ4n) is 2.90. The summed E-state index contributed by atoms with van der Waals surface area (Å²) in [5, 5.41) is 9.59. The molecule has 2 rings (SSSR count). The van der Waals surface area contributed by atoms with Crippen LogP contribution in [0, 0.1) is 5.92 Å². The molecule has 16 heavy (non-hydrogen) atoms. The Morgan fingerprint density at radius 1 is 1.25 bits per heavy atom. The standard InChI is InChI=1S/C13H23NO2/c1-13(16)9-14(10-13)12(15)8-11-6-4-2-3-5-7-11/h11,16H,2-10H2,1H3. The van der Waals surface area contributed by atoms with E-state index in [1.807, 2.05) is 0 Å². The predicted octanol–water partition coefficient (Wildman–Crippen LogP) is 1.94. The van der Waals surface area contributed by atoms with Gasteiger partial charge >= 0.3 is 0 Å². The van der Waals surface area contributed by atoms with Crippen LogP contribution in [0.4, 0.5) is 0 Å². The number of nitrogens with zero attached hydrogens (tertiary/aromatic N) is 1. The van der Waals surface area contributed by atoms with Gasteiger partial charge in [-0.05, 0) is 25.7 Å². The summed E-state index contributed by atoms with van der Waals surface area (Å²) in [5.41, 5.74) is -0.626. The van der Waals surface area contributed by atoms with Gasteiger partial charge in [0.05, 0.1) is 18.7 Å². The van der Waals surface area contributed by atoms with Gasteiger partial charge in [0.1, 0.15) is 0 Å². The first-order valence-corrected chi connectivity index (χ1v) is 6.57. The number of carbonyl (C=O) groups excluding carboxylic acids is 1. The van der Waals surface area contributed by atoms with Crippen LogP contribution in [0.15, 0.2) is 0 Å². The molecule has 92 valence electrons. The van der Waals surface area contributed by atoms with Gasteiger partial charge in [-0.15, -0.1) is 0 Å². The van der Waals surface area contributed by atoms with Crippen molar-refractivity contribution in [3.05, 3.63) is 0 Å². The summed E-state index contributed by atoms with van der Waals surface area (Å²) < 4.78 is 0. The van der Waals surface area contributed by atoms with Crippen LogP contribution in [0.25, 0.3) is 0 Å². The van der Waals surface area contributed by atoms with Crippen molar-refractivity contribution in [3.63, 3.8) is 0 Å². The van der Waals surface area contributed by atoms with Crippen molar-refractivity contribution in [2.24, 2.45) is 5.92 Å². The molecule has 1 saturated heterocycles. The lowest BCUT2D eigenvalue weighted by molar-refractivity contribution is -0.153. The molecule has 1 heterocycles. The van der Waals surface area contributed by atoms with Gasteiger partial charge in [-0.3, -0.25) is 4.79 Å². The van der Waals surface area contributed by atoms with Crippen molar-refractivity contribution in [2.75, 3.05) is 13.1 Å². The van der Waals surface area contributed by atoms with Gasteiger partial charge < -0.3 is 10.0 Å². The van der Waals surface area contributed by atoms with E-state index in [0.29, 0.717) is 25.4 Å². The highest BCUT2D eigenvalue weighted by Crippen LogP contribution is 2.28. The molecule has 1 amide bonds. The molecule has 3 nitrogen and oxygen atoms in total. The molecule has 1 aliphatic carbocycles. The molecule has 1 N–H and O–H groups in total. The number of β-amino-alcohol motifs (C(OH)–C–C–N with tert-alkyl or cyclic N) is 1. The van der Waals surface area contributed by atoms with Crippen LogP contribution >= 0.6 is 0 Å². The Balaban J connectivity index is 1.74. The molecule has 2 fully saturated rings. The molecule has 2 aliphatic rings. The highest BCUT2D eigenvalue weighted by molar-refractivity contribution is 5.77. The average Bonchev–Trinajstić information content (AvgIpc) is 2.42. The molecule has 0 aromatic rings. The lowest BCUT2D eigenvalue weighted by Crippen LogP contribution is -2.61. The van der Waals surface area contributed by atoms with Crippen molar-refractivity contribution < 1.29 is 9.90 Å². The topological polar surface area (TPSA) is 40.5 Å². The quantitative estimate of drug-likeness (QED) is 0.730. The highest BCUT2D eigenvalue weighted by atomic mass is 16.3. The Hall–Kier alpha value is -0.570. The number of carbonyl (C=O) groups is 1. The summed E-state index contributed by atoms with van der Waals surface area (Å²) in [6.45, 7) is 2.85. The Kier molecular flexibility index (Phi) is 3.53. The molecular formula is C13H23NO2. The number of amides is 1. The van der Waals surface area contributed by atoms with Gasteiger partial charge in [-0.2, -0.15) is 0 Å². The Labute approximate surface area is 97.8 Å². The molecule has 0 unspecified atom stereocenters. The maximum absolute atomic E-state index is 11.9. The molecule has 3 heteroatoms. The highest BCUT2D eigenvalue weighted by Gasteiger charge is 2.39. The second-order valence-corrected chi connectivity index (χ2v) is 5.81. The Morgan fingerprint density at radius 2 is 1.81 bits per heavy atom. The van der Waals surface area contributed by atoms with E-state index >= 15 is 0 Å². The molecule has 1 saturated carbocycles. The van der Waals surface area contributed by atoms with Gasteiger partial charge in [-0.25, -0.2) is 0 Å². The second kappa shape index (κ2) is 4.74. The monoisotopic (exact) mass is 225 g/mol. The second-order valence-electron chi connectivity index (χ2n) is 5.81. The van der Waals surface area contributed by atoms with Crippen molar-refractivity contribution in [1.29, 1.82) is 0 Å². The molecule has 0 aromatic carbocycles. The smallest absolute Gasteiger partial charge is 0.223 e. The van der Waals surface area contributed by atoms with Crippen LogP contribution in [-0.2, 0) is 4.79 Å². The van der Waals surface area contributed by atoms with Crippen molar-refractivity contribution in [2.45, 2.75) is 57.5 Å². The normalized spacial score (nSPS) is 26.0. The average molecular weight is 225 g/mol. The van der Waals surface area contributed by atoms with Crippen LogP contribution < -0.4 is 0 Å². The molecule has 0 spiro atoms. The zero-order chi connectivity index (χ0) is 11.6. The summed E-state index contributed by atoms with van der Waals surface area (Å²) in [7, 11) is 0. The number of hydrogen-bond acceptors (Lipinski definition) is 2. The van der Waals surface area contributed by atoms with Crippen molar-refractivity contribution in [1.82, 2.24) is 4.90 Å². The fourth-order valence-corrected chi connectivity index (χ4v) is 2.90. The van der Waals surface area contributed by atoms with Crippen molar-refractivity contribution in [3.8, 4) is 0 Å². The lowest BCUT2D eigenvalue weighted by Gasteiger charge is -2.44. The fraction of sp³-hybridized carbons (Fsp3) is 0.923. The van der Waals surface area contributed by atoms with Gasteiger partial charge in [0.2, 0.25) is 5.91 Å². The molecule has 0 radical (unpaired) electrons. The number of rotatable bonds is 2. The molecule has 0 atom stereocenters. The third kappa shape index (κ3) is 2.97. The van der Waals surface area contributed by atoms with Crippen LogP contribution in [0.5, 0.6) is 0 Å². The van der Waals surface area contributed by atoms with E-state index in [0.717, 1.165) is 0 Å². The van der Waals surface area contributed by atoms with Crippen LogP contribution in [0.2, 0.25) is 0 Å². The first kappa shape index (κ1) is 11.9. The first-order chi connectivity index (χ1) is 7.57. The minimum Gasteiger partial charge on any atom is -0.386 e. The van der Waals surface area contributed by atoms with E-state index in [4.69, 9.17) is 0 Å². The minimum absolute atomic E-state index is 0.249. The van der Waals surface area contributed by atoms with Gasteiger partial charge in [0, 0.05) is 6.42 Å². The van der Waals surface area contributed by atoms with Gasteiger partial charge in [0.15, 0.2) is 0 Å². The third-order valence-corrected chi connectivity index (χ3v) is 3.85. The van der Waals surface area contributed by atoms with Crippen molar-refractivity contribution >= 4 is 5.91 Å². The summed E-state index contributed by atoms with van der Waals surface area (Å²) >= 11 is 0. The third-order valence-electron chi connectivity index (χ3n) is 3.85. The zero-order valence-electron chi connectivity index (χ0n) is 10.2. The van der Waals surface area contributed by atoms with Crippen LogP contribution in [-0.4, -0.2) is 34.6 Å². The summed E-state index contributed by atoms with van der Waals surface area (Å²) in [6.07, 6.45) is 8.39. The maximum atomic E-state index is 11.9. The van der Waals surface area contributed by atoms with Crippen LogP contribution in [0.1, 0.15) is 51.9 Å². The SMILES string of the molecule is CC1(O)CN(C(=O)CC2CCCCCC2)C1. The number of aliphatic hydroxyl groups is 1. The predicted molar refractivity (Wildman–Crippen MR) is 63.0 cm³/mol. The zero-order valence-corrected chi connectivity index (χ0v) is 10.2. The van der Waals surface area contributed by atoms with E-state index in [9.17, 15) is 9.90 Å². The largest absolute Gasteiger partial charge is 0.386 e.